The molecule has 0 aliphatic carbocycles. The lowest BCUT2D eigenvalue weighted by Gasteiger charge is -2.16. The first-order valence-electron chi connectivity index (χ1n) is 7.06. The monoisotopic (exact) mass is 334 g/mol. The van der Waals surface area contributed by atoms with Crippen molar-refractivity contribution in [2.75, 3.05) is 18.0 Å². The molecular weight excluding hydrogens is 323 g/mol. The Labute approximate surface area is 135 Å². The lowest BCUT2D eigenvalue weighted by molar-refractivity contribution is 0.586. The van der Waals surface area contributed by atoms with Gasteiger partial charge in [0, 0.05) is 13.1 Å². The van der Waals surface area contributed by atoms with Crippen molar-refractivity contribution in [1.82, 2.24) is 15.0 Å². The zero-order chi connectivity index (χ0) is 15.1. The fraction of sp³-hybridized carbons (Fsp3) is 0.267. The second-order valence-electron chi connectivity index (χ2n) is 5.18. The lowest BCUT2D eigenvalue weighted by atomic mass is 10.3. The highest BCUT2D eigenvalue weighted by atomic mass is 35.5. The van der Waals surface area contributed by atoms with Gasteiger partial charge in [0.05, 0.1) is 10.3 Å². The Bertz CT molecular complexity index is 845. The van der Waals surface area contributed by atoms with Gasteiger partial charge in [-0.05, 0) is 37.1 Å². The normalized spacial score (nSPS) is 14.9. The van der Waals surface area contributed by atoms with Crippen LogP contribution in [0, 0.1) is 5.95 Å². The summed E-state index contributed by atoms with van der Waals surface area (Å²) in [6.07, 6.45) is 2.27. The molecule has 0 spiro atoms. The van der Waals surface area contributed by atoms with Crippen LogP contribution in [0.15, 0.2) is 24.3 Å². The largest absolute Gasteiger partial charge is 0.357 e. The standard InChI is InChI=1S/C15H12ClFN4S/c16-11-5-4-10-14(18-11)20-15(22-10)9-3-6-12(19-13(9)17)21-7-1-2-8-21/h3-6H,1-2,7-8H2. The van der Waals surface area contributed by atoms with Gasteiger partial charge in [0.15, 0.2) is 5.65 Å². The molecule has 7 heteroatoms. The molecule has 0 aromatic carbocycles. The molecule has 0 amide bonds. The third-order valence-corrected chi connectivity index (χ3v) is 4.97. The summed E-state index contributed by atoms with van der Waals surface area (Å²) in [4.78, 5) is 14.7. The number of pyridine rings is 2. The van der Waals surface area contributed by atoms with Crippen molar-refractivity contribution in [3.8, 4) is 10.6 Å². The number of nitrogens with zero attached hydrogens (tertiary/aromatic N) is 4. The van der Waals surface area contributed by atoms with Crippen LogP contribution in [-0.2, 0) is 0 Å². The fourth-order valence-electron chi connectivity index (χ4n) is 2.62. The van der Waals surface area contributed by atoms with Crippen molar-refractivity contribution < 1.29 is 4.39 Å². The zero-order valence-corrected chi connectivity index (χ0v) is 13.2. The second kappa shape index (κ2) is 5.44. The fourth-order valence-corrected chi connectivity index (χ4v) is 3.68. The van der Waals surface area contributed by atoms with E-state index in [1.54, 1.807) is 12.1 Å². The number of aromatic nitrogens is 3. The number of thiazole rings is 1. The third kappa shape index (κ3) is 2.42. The van der Waals surface area contributed by atoms with Crippen LogP contribution < -0.4 is 4.90 Å². The molecule has 4 nitrogen and oxygen atoms in total. The minimum Gasteiger partial charge on any atom is -0.357 e. The van der Waals surface area contributed by atoms with Crippen LogP contribution in [0.2, 0.25) is 5.15 Å². The SMILES string of the molecule is Fc1nc(N2CCCC2)ccc1-c1nc2nc(Cl)ccc2s1. The topological polar surface area (TPSA) is 41.9 Å². The molecule has 0 N–H and O–H groups in total. The van der Waals surface area contributed by atoms with Crippen LogP contribution in [0.1, 0.15) is 12.8 Å². The minimum atomic E-state index is -0.491. The molecule has 1 aliphatic heterocycles. The molecule has 0 radical (unpaired) electrons. The van der Waals surface area contributed by atoms with Crippen molar-refractivity contribution in [2.24, 2.45) is 0 Å². The van der Waals surface area contributed by atoms with Crippen LogP contribution in [0.3, 0.4) is 0 Å². The van der Waals surface area contributed by atoms with Gasteiger partial charge in [0.25, 0.3) is 0 Å². The maximum Gasteiger partial charge on any atom is 0.225 e. The summed E-state index contributed by atoms with van der Waals surface area (Å²) in [5, 5.41) is 0.954. The van der Waals surface area contributed by atoms with E-state index in [4.69, 9.17) is 11.6 Å². The molecule has 0 unspecified atom stereocenters. The van der Waals surface area contributed by atoms with E-state index in [1.807, 2.05) is 12.1 Å². The Kier molecular flexibility index (Phi) is 3.43. The molecule has 0 bridgehead atoms. The average molecular weight is 335 g/mol. The van der Waals surface area contributed by atoms with Gasteiger partial charge in [-0.1, -0.05) is 11.6 Å². The van der Waals surface area contributed by atoms with E-state index in [9.17, 15) is 4.39 Å². The van der Waals surface area contributed by atoms with Gasteiger partial charge in [-0.3, -0.25) is 0 Å². The molecule has 0 atom stereocenters. The van der Waals surface area contributed by atoms with Crippen LogP contribution in [0.5, 0.6) is 0 Å². The number of hydrogen-bond donors (Lipinski definition) is 0. The Hall–Kier alpha value is -1.79. The number of hydrogen-bond acceptors (Lipinski definition) is 5. The van der Waals surface area contributed by atoms with Crippen LogP contribution in [-0.4, -0.2) is 28.0 Å². The molecular formula is C15H12ClFN4S. The highest BCUT2D eigenvalue weighted by molar-refractivity contribution is 7.21. The van der Waals surface area contributed by atoms with Gasteiger partial charge in [0.1, 0.15) is 16.0 Å². The summed E-state index contributed by atoms with van der Waals surface area (Å²) < 4.78 is 15.3. The average Bonchev–Trinajstić information content (AvgIpc) is 3.15. The predicted molar refractivity (Wildman–Crippen MR) is 87.1 cm³/mol. The molecule has 3 aromatic rings. The Balaban J connectivity index is 1.74. The van der Waals surface area contributed by atoms with Crippen LogP contribution in [0.4, 0.5) is 10.2 Å². The Morgan fingerprint density at radius 2 is 1.86 bits per heavy atom. The molecule has 0 saturated carbocycles. The van der Waals surface area contributed by atoms with Crippen molar-refractivity contribution in [3.63, 3.8) is 0 Å². The third-order valence-electron chi connectivity index (χ3n) is 3.71. The second-order valence-corrected chi connectivity index (χ2v) is 6.59. The van der Waals surface area contributed by atoms with Gasteiger partial charge in [-0.25, -0.2) is 15.0 Å². The Morgan fingerprint density at radius 3 is 2.64 bits per heavy atom. The first-order valence-corrected chi connectivity index (χ1v) is 8.25. The van der Waals surface area contributed by atoms with Crippen LogP contribution >= 0.6 is 22.9 Å². The van der Waals surface area contributed by atoms with Crippen molar-refractivity contribution in [3.05, 3.63) is 35.4 Å². The number of halogens is 2. The molecule has 1 fully saturated rings. The van der Waals surface area contributed by atoms with E-state index >= 15 is 0 Å². The maximum atomic E-state index is 14.4. The molecule has 1 aliphatic rings. The van der Waals surface area contributed by atoms with Gasteiger partial charge in [0.2, 0.25) is 5.95 Å². The minimum absolute atomic E-state index is 0.382. The van der Waals surface area contributed by atoms with E-state index in [0.717, 1.165) is 30.6 Å². The number of fused-ring (bicyclic) bond motifs is 1. The number of anilines is 1. The molecule has 4 heterocycles. The van der Waals surface area contributed by atoms with E-state index < -0.39 is 5.95 Å². The highest BCUT2D eigenvalue weighted by Gasteiger charge is 2.18. The molecule has 1 saturated heterocycles. The first-order chi connectivity index (χ1) is 10.7. The van der Waals surface area contributed by atoms with Gasteiger partial charge < -0.3 is 4.90 Å². The van der Waals surface area contributed by atoms with Crippen molar-refractivity contribution in [2.45, 2.75) is 12.8 Å². The van der Waals surface area contributed by atoms with E-state index in [2.05, 4.69) is 19.9 Å². The van der Waals surface area contributed by atoms with E-state index in [1.165, 1.54) is 11.3 Å². The van der Waals surface area contributed by atoms with E-state index in [-0.39, 0.29) is 0 Å². The molecule has 3 aromatic heterocycles. The predicted octanol–water partition coefficient (Wildman–Crippen LogP) is 4.15. The number of rotatable bonds is 2. The van der Waals surface area contributed by atoms with Crippen LogP contribution in [0.25, 0.3) is 20.9 Å². The maximum absolute atomic E-state index is 14.4. The smallest absolute Gasteiger partial charge is 0.225 e. The summed E-state index contributed by atoms with van der Waals surface area (Å²) in [5.41, 5.74) is 0.942. The molecule has 112 valence electrons. The van der Waals surface area contributed by atoms with E-state index in [0.29, 0.717) is 27.2 Å². The quantitative estimate of drug-likeness (QED) is 0.660. The lowest BCUT2D eigenvalue weighted by Crippen LogP contribution is -2.19. The van der Waals surface area contributed by atoms with Gasteiger partial charge in [-0.2, -0.15) is 4.39 Å². The van der Waals surface area contributed by atoms with Crippen molar-refractivity contribution in [1.29, 1.82) is 0 Å². The Morgan fingerprint density at radius 1 is 1.05 bits per heavy atom. The summed E-state index contributed by atoms with van der Waals surface area (Å²) in [6, 6.07) is 7.15. The highest BCUT2D eigenvalue weighted by Crippen LogP contribution is 2.32. The molecule has 4 rings (SSSR count). The molecule has 22 heavy (non-hydrogen) atoms. The summed E-state index contributed by atoms with van der Waals surface area (Å²) in [6.45, 7) is 1.88. The van der Waals surface area contributed by atoms with Crippen molar-refractivity contribution >= 4 is 39.1 Å². The summed E-state index contributed by atoms with van der Waals surface area (Å²) >= 11 is 7.25. The van der Waals surface area contributed by atoms with Gasteiger partial charge >= 0.3 is 0 Å². The zero-order valence-electron chi connectivity index (χ0n) is 11.6. The van der Waals surface area contributed by atoms with Gasteiger partial charge in [-0.15, -0.1) is 11.3 Å². The summed E-state index contributed by atoms with van der Waals surface area (Å²) in [7, 11) is 0. The first kappa shape index (κ1) is 13.8. The summed E-state index contributed by atoms with van der Waals surface area (Å²) in [5.74, 6) is 0.204.